The first-order chi connectivity index (χ1) is 7.29. The SMILES string of the molecule is O=[N+]([O-])c1cc(Cl)ccc1COC(F)(F)F. The molecule has 0 spiro atoms. The molecule has 88 valence electrons. The molecule has 0 aromatic heterocycles. The van der Waals surface area contributed by atoms with E-state index in [4.69, 9.17) is 11.6 Å². The van der Waals surface area contributed by atoms with E-state index < -0.39 is 23.6 Å². The molecule has 1 rings (SSSR count). The van der Waals surface area contributed by atoms with Crippen LogP contribution in [0.4, 0.5) is 18.9 Å². The van der Waals surface area contributed by atoms with Gasteiger partial charge in [0.1, 0.15) is 0 Å². The highest BCUT2D eigenvalue weighted by molar-refractivity contribution is 6.30. The minimum absolute atomic E-state index is 0.0717. The Bertz CT molecular complexity index is 408. The Kier molecular flexibility index (Phi) is 3.71. The maximum atomic E-state index is 11.7. The van der Waals surface area contributed by atoms with Crippen LogP contribution in [0.5, 0.6) is 0 Å². The molecule has 1 aromatic rings. The number of halogens is 4. The van der Waals surface area contributed by atoms with Gasteiger partial charge in [-0.1, -0.05) is 11.6 Å². The van der Waals surface area contributed by atoms with E-state index in [2.05, 4.69) is 4.74 Å². The monoisotopic (exact) mass is 255 g/mol. The molecule has 1 aromatic carbocycles. The third kappa shape index (κ3) is 3.67. The maximum Gasteiger partial charge on any atom is 0.522 e. The summed E-state index contributed by atoms with van der Waals surface area (Å²) in [6.07, 6.45) is -4.83. The van der Waals surface area contributed by atoms with Crippen LogP contribution in [0.15, 0.2) is 18.2 Å². The van der Waals surface area contributed by atoms with Crippen molar-refractivity contribution in [2.75, 3.05) is 0 Å². The quantitative estimate of drug-likeness (QED) is 0.615. The van der Waals surface area contributed by atoms with Crippen molar-refractivity contribution in [3.63, 3.8) is 0 Å². The molecule has 0 radical (unpaired) electrons. The van der Waals surface area contributed by atoms with Crippen molar-refractivity contribution in [3.05, 3.63) is 38.9 Å². The molecule has 0 aliphatic heterocycles. The van der Waals surface area contributed by atoms with E-state index in [9.17, 15) is 23.3 Å². The van der Waals surface area contributed by atoms with Gasteiger partial charge in [-0.2, -0.15) is 0 Å². The van der Waals surface area contributed by atoms with Crippen molar-refractivity contribution >= 4 is 17.3 Å². The van der Waals surface area contributed by atoms with Crippen molar-refractivity contribution in [2.45, 2.75) is 13.0 Å². The molecule has 0 saturated heterocycles. The number of nitro benzene ring substituents is 1. The third-order valence-electron chi connectivity index (χ3n) is 1.64. The Hall–Kier alpha value is -1.34. The van der Waals surface area contributed by atoms with Gasteiger partial charge >= 0.3 is 6.36 Å². The van der Waals surface area contributed by atoms with E-state index in [-0.39, 0.29) is 10.6 Å². The highest BCUT2D eigenvalue weighted by Gasteiger charge is 2.30. The number of nitro groups is 1. The smallest absolute Gasteiger partial charge is 0.287 e. The number of alkyl halides is 3. The van der Waals surface area contributed by atoms with Crippen LogP contribution in [0.1, 0.15) is 5.56 Å². The standard InChI is InChI=1S/C8H5ClF3NO3/c9-6-2-1-5(4-16-8(10,11)12)7(3-6)13(14)15/h1-3H,4H2. The second-order valence-electron chi connectivity index (χ2n) is 2.76. The molecule has 0 fully saturated rings. The summed E-state index contributed by atoms with van der Waals surface area (Å²) >= 11 is 5.48. The van der Waals surface area contributed by atoms with Crippen molar-refractivity contribution in [3.8, 4) is 0 Å². The van der Waals surface area contributed by atoms with Gasteiger partial charge < -0.3 is 0 Å². The molecule has 16 heavy (non-hydrogen) atoms. The lowest BCUT2D eigenvalue weighted by Crippen LogP contribution is -2.13. The Morgan fingerprint density at radius 3 is 2.56 bits per heavy atom. The van der Waals surface area contributed by atoms with Gasteiger partial charge in [-0.25, -0.2) is 0 Å². The van der Waals surface area contributed by atoms with Crippen LogP contribution in [0.25, 0.3) is 0 Å². The van der Waals surface area contributed by atoms with Crippen LogP contribution in [-0.2, 0) is 11.3 Å². The summed E-state index contributed by atoms with van der Waals surface area (Å²) in [5.74, 6) is 0. The van der Waals surface area contributed by atoms with E-state index in [0.29, 0.717) is 0 Å². The van der Waals surface area contributed by atoms with Crippen molar-refractivity contribution in [1.82, 2.24) is 0 Å². The molecule has 0 heterocycles. The molecule has 8 heteroatoms. The highest BCUT2D eigenvalue weighted by Crippen LogP contribution is 2.26. The Morgan fingerprint density at radius 2 is 2.06 bits per heavy atom. The zero-order chi connectivity index (χ0) is 12.3. The van der Waals surface area contributed by atoms with Crippen LogP contribution >= 0.6 is 11.6 Å². The summed E-state index contributed by atoms with van der Waals surface area (Å²) in [7, 11) is 0. The summed E-state index contributed by atoms with van der Waals surface area (Å²) in [6.45, 7) is -0.920. The molecule has 0 aliphatic carbocycles. The molecule has 0 atom stereocenters. The van der Waals surface area contributed by atoms with Crippen LogP contribution < -0.4 is 0 Å². The zero-order valence-corrected chi connectivity index (χ0v) is 8.38. The van der Waals surface area contributed by atoms with Crippen molar-refractivity contribution in [1.29, 1.82) is 0 Å². The average molecular weight is 256 g/mol. The van der Waals surface area contributed by atoms with Crippen LogP contribution in [0.3, 0.4) is 0 Å². The van der Waals surface area contributed by atoms with Gasteiger partial charge in [0.25, 0.3) is 5.69 Å². The minimum Gasteiger partial charge on any atom is -0.287 e. The molecular formula is C8H5ClF3NO3. The normalized spacial score (nSPS) is 11.5. The van der Waals surface area contributed by atoms with Crippen LogP contribution in [-0.4, -0.2) is 11.3 Å². The zero-order valence-electron chi connectivity index (χ0n) is 7.62. The van der Waals surface area contributed by atoms with Gasteiger partial charge in [-0.15, -0.1) is 13.2 Å². The number of nitrogens with zero attached hydrogens (tertiary/aromatic N) is 1. The molecule has 4 nitrogen and oxygen atoms in total. The second kappa shape index (κ2) is 4.67. The van der Waals surface area contributed by atoms with Gasteiger partial charge in [0.15, 0.2) is 0 Å². The summed E-state index contributed by atoms with van der Waals surface area (Å²) in [6, 6.07) is 3.34. The fraction of sp³-hybridized carbons (Fsp3) is 0.250. The van der Waals surface area contributed by atoms with Gasteiger partial charge in [0.2, 0.25) is 0 Å². The lowest BCUT2D eigenvalue weighted by atomic mass is 10.2. The number of benzene rings is 1. The maximum absolute atomic E-state index is 11.7. The Morgan fingerprint density at radius 1 is 1.44 bits per heavy atom. The average Bonchev–Trinajstić information content (AvgIpc) is 2.14. The first-order valence-electron chi connectivity index (χ1n) is 3.93. The predicted molar refractivity (Wildman–Crippen MR) is 49.0 cm³/mol. The number of rotatable bonds is 3. The van der Waals surface area contributed by atoms with Crippen LogP contribution in [0, 0.1) is 10.1 Å². The largest absolute Gasteiger partial charge is 0.522 e. The van der Waals surface area contributed by atoms with Gasteiger partial charge in [0, 0.05) is 11.1 Å². The molecule has 0 saturated carbocycles. The molecule has 0 amide bonds. The Balaban J connectivity index is 2.91. The lowest BCUT2D eigenvalue weighted by Gasteiger charge is -2.07. The van der Waals surface area contributed by atoms with Crippen molar-refractivity contribution < 1.29 is 22.8 Å². The molecular weight excluding hydrogens is 251 g/mol. The topological polar surface area (TPSA) is 52.4 Å². The van der Waals surface area contributed by atoms with E-state index in [1.165, 1.54) is 6.07 Å². The third-order valence-corrected chi connectivity index (χ3v) is 1.87. The summed E-state index contributed by atoms with van der Waals surface area (Å²) in [4.78, 5) is 9.69. The van der Waals surface area contributed by atoms with Gasteiger partial charge in [-0.3, -0.25) is 14.9 Å². The predicted octanol–water partition coefficient (Wildman–Crippen LogP) is 3.28. The molecule has 0 bridgehead atoms. The summed E-state index contributed by atoms with van der Waals surface area (Å²) < 4.78 is 38.7. The first-order valence-corrected chi connectivity index (χ1v) is 4.31. The van der Waals surface area contributed by atoms with E-state index in [0.717, 1.165) is 12.1 Å². The first kappa shape index (κ1) is 12.7. The molecule has 0 unspecified atom stereocenters. The van der Waals surface area contributed by atoms with Crippen LogP contribution in [0.2, 0.25) is 5.02 Å². The number of hydrogen-bond donors (Lipinski definition) is 0. The van der Waals surface area contributed by atoms with E-state index >= 15 is 0 Å². The number of ether oxygens (including phenoxy) is 1. The second-order valence-corrected chi connectivity index (χ2v) is 3.20. The lowest BCUT2D eigenvalue weighted by molar-refractivity contribution is -0.387. The summed E-state index contributed by atoms with van der Waals surface area (Å²) in [5.41, 5.74) is -0.691. The minimum atomic E-state index is -4.83. The van der Waals surface area contributed by atoms with Crippen molar-refractivity contribution in [2.24, 2.45) is 0 Å². The molecule has 0 aliphatic rings. The van der Waals surface area contributed by atoms with Gasteiger partial charge in [-0.05, 0) is 12.1 Å². The summed E-state index contributed by atoms with van der Waals surface area (Å²) in [5, 5.41) is 10.6. The van der Waals surface area contributed by atoms with E-state index in [1.54, 1.807) is 0 Å². The Labute approximate surface area is 92.7 Å². The molecule has 0 N–H and O–H groups in total. The van der Waals surface area contributed by atoms with E-state index in [1.807, 2.05) is 0 Å². The number of hydrogen-bond acceptors (Lipinski definition) is 3. The fourth-order valence-electron chi connectivity index (χ4n) is 0.989. The highest BCUT2D eigenvalue weighted by atomic mass is 35.5. The van der Waals surface area contributed by atoms with Gasteiger partial charge in [0.05, 0.1) is 17.1 Å². The fourth-order valence-corrected chi connectivity index (χ4v) is 1.15.